The first kappa shape index (κ1) is 13.7. The number of hydrogen-bond donors (Lipinski definition) is 1. The van der Waals surface area contributed by atoms with Crippen LogP contribution in [0.5, 0.6) is 0 Å². The Morgan fingerprint density at radius 2 is 1.83 bits per heavy atom. The molecule has 5 heteroatoms. The maximum Gasteiger partial charge on any atom is 0.140 e. The number of nitrogens with zero attached hydrogens (tertiary/aromatic N) is 1. The minimum absolute atomic E-state index is 0.540. The van der Waals surface area contributed by atoms with Crippen molar-refractivity contribution < 1.29 is 0 Å². The van der Waals surface area contributed by atoms with Crippen molar-refractivity contribution >= 4 is 44.9 Å². The van der Waals surface area contributed by atoms with Gasteiger partial charge in [0.25, 0.3) is 0 Å². The molecule has 1 heterocycles. The van der Waals surface area contributed by atoms with Gasteiger partial charge in [0, 0.05) is 18.6 Å². The summed E-state index contributed by atoms with van der Waals surface area (Å²) < 4.78 is 0.854. The van der Waals surface area contributed by atoms with Crippen LogP contribution in [0.15, 0.2) is 41.0 Å². The summed E-state index contributed by atoms with van der Waals surface area (Å²) >= 11 is 15.0. The van der Waals surface area contributed by atoms with Gasteiger partial charge in [0.05, 0.1) is 9.50 Å². The summed E-state index contributed by atoms with van der Waals surface area (Å²) in [4.78, 5) is 4.22. The molecule has 0 radical (unpaired) electrons. The highest BCUT2D eigenvalue weighted by atomic mass is 79.9. The van der Waals surface area contributed by atoms with Gasteiger partial charge in [-0.1, -0.05) is 35.9 Å². The van der Waals surface area contributed by atoms with Gasteiger partial charge in [0.15, 0.2) is 0 Å². The summed E-state index contributed by atoms with van der Waals surface area (Å²) in [6, 6.07) is 9.96. The van der Waals surface area contributed by atoms with E-state index in [1.807, 2.05) is 18.2 Å². The molecule has 18 heavy (non-hydrogen) atoms. The molecule has 0 aliphatic heterocycles. The number of pyridine rings is 1. The third kappa shape index (κ3) is 3.61. The minimum Gasteiger partial charge on any atom is -0.365 e. The van der Waals surface area contributed by atoms with Crippen LogP contribution in [-0.2, 0) is 12.4 Å². The van der Waals surface area contributed by atoms with Gasteiger partial charge in [-0.05, 0) is 33.1 Å². The summed E-state index contributed by atoms with van der Waals surface area (Å²) in [7, 11) is 0. The average Bonchev–Trinajstić information content (AvgIpc) is 2.38. The van der Waals surface area contributed by atoms with E-state index in [9.17, 15) is 0 Å². The molecule has 0 saturated carbocycles. The fraction of sp³-hybridized carbons (Fsp3) is 0.154. The zero-order chi connectivity index (χ0) is 13.0. The fourth-order valence-electron chi connectivity index (χ4n) is 1.48. The Morgan fingerprint density at radius 3 is 2.44 bits per heavy atom. The van der Waals surface area contributed by atoms with Gasteiger partial charge in [-0.3, -0.25) is 0 Å². The SMILES string of the molecule is ClCc1ccc(CNc2ncc(Cl)cc2Br)cc1. The second kappa shape index (κ2) is 6.41. The van der Waals surface area contributed by atoms with Gasteiger partial charge in [-0.2, -0.15) is 0 Å². The van der Waals surface area contributed by atoms with Crippen LogP contribution in [0, 0.1) is 0 Å². The number of alkyl halides is 1. The molecule has 1 aromatic carbocycles. The highest BCUT2D eigenvalue weighted by Gasteiger charge is 2.02. The van der Waals surface area contributed by atoms with Crippen LogP contribution in [0.4, 0.5) is 5.82 Å². The quantitative estimate of drug-likeness (QED) is 0.801. The van der Waals surface area contributed by atoms with Crippen molar-refractivity contribution in [3.63, 3.8) is 0 Å². The summed E-state index contributed by atoms with van der Waals surface area (Å²) in [6.07, 6.45) is 1.62. The normalized spacial score (nSPS) is 10.4. The second-order valence-corrected chi connectivity index (χ2v) is 5.35. The first-order valence-corrected chi connectivity index (χ1v) is 7.08. The first-order valence-electron chi connectivity index (χ1n) is 5.38. The van der Waals surface area contributed by atoms with Crippen molar-refractivity contribution in [2.45, 2.75) is 12.4 Å². The van der Waals surface area contributed by atoms with Crippen LogP contribution in [0.25, 0.3) is 0 Å². The molecule has 0 fully saturated rings. The van der Waals surface area contributed by atoms with Crippen molar-refractivity contribution in [2.75, 3.05) is 5.32 Å². The number of anilines is 1. The van der Waals surface area contributed by atoms with Gasteiger partial charge >= 0.3 is 0 Å². The number of benzene rings is 1. The van der Waals surface area contributed by atoms with Crippen molar-refractivity contribution in [3.8, 4) is 0 Å². The molecular weight excluding hydrogens is 335 g/mol. The van der Waals surface area contributed by atoms with Crippen LogP contribution in [-0.4, -0.2) is 4.98 Å². The highest BCUT2D eigenvalue weighted by molar-refractivity contribution is 9.10. The lowest BCUT2D eigenvalue weighted by Crippen LogP contribution is -2.02. The van der Waals surface area contributed by atoms with Crippen molar-refractivity contribution in [2.24, 2.45) is 0 Å². The summed E-state index contributed by atoms with van der Waals surface area (Å²) in [5.74, 6) is 1.32. The summed E-state index contributed by atoms with van der Waals surface area (Å²) in [5, 5.41) is 3.85. The zero-order valence-corrected chi connectivity index (χ0v) is 12.6. The highest BCUT2D eigenvalue weighted by Crippen LogP contribution is 2.23. The molecule has 0 spiro atoms. The topological polar surface area (TPSA) is 24.9 Å². The van der Waals surface area contributed by atoms with Gasteiger partial charge in [-0.25, -0.2) is 4.98 Å². The Hall–Kier alpha value is -0.770. The molecule has 0 aliphatic rings. The van der Waals surface area contributed by atoms with Crippen molar-refractivity contribution in [1.82, 2.24) is 4.98 Å². The van der Waals surface area contributed by atoms with Crippen LogP contribution in [0.2, 0.25) is 5.02 Å². The Morgan fingerprint density at radius 1 is 1.17 bits per heavy atom. The van der Waals surface area contributed by atoms with E-state index in [1.165, 1.54) is 5.56 Å². The molecule has 2 rings (SSSR count). The van der Waals surface area contributed by atoms with E-state index >= 15 is 0 Å². The van der Waals surface area contributed by atoms with Gasteiger partial charge < -0.3 is 5.32 Å². The zero-order valence-electron chi connectivity index (χ0n) is 9.46. The number of nitrogens with one attached hydrogen (secondary N) is 1. The van der Waals surface area contributed by atoms with E-state index < -0.39 is 0 Å². The maximum atomic E-state index is 5.83. The smallest absolute Gasteiger partial charge is 0.140 e. The number of aromatic nitrogens is 1. The van der Waals surface area contributed by atoms with Crippen molar-refractivity contribution in [1.29, 1.82) is 0 Å². The molecule has 0 aliphatic carbocycles. The Balaban J connectivity index is 2.02. The van der Waals surface area contributed by atoms with Crippen LogP contribution < -0.4 is 5.32 Å². The second-order valence-electron chi connectivity index (χ2n) is 3.79. The molecule has 94 valence electrons. The summed E-state index contributed by atoms with van der Waals surface area (Å²) in [6.45, 7) is 0.704. The molecule has 1 aromatic heterocycles. The third-order valence-electron chi connectivity index (χ3n) is 2.45. The van der Waals surface area contributed by atoms with E-state index in [-0.39, 0.29) is 0 Å². The van der Waals surface area contributed by atoms with Crippen molar-refractivity contribution in [3.05, 3.63) is 57.2 Å². The summed E-state index contributed by atoms with van der Waals surface area (Å²) in [5.41, 5.74) is 2.29. The lowest BCUT2D eigenvalue weighted by molar-refractivity contribution is 1.10. The molecule has 0 amide bonds. The first-order chi connectivity index (χ1) is 8.69. The van der Waals surface area contributed by atoms with E-state index in [4.69, 9.17) is 23.2 Å². The standard InChI is InChI=1S/C13H11BrCl2N2/c14-12-5-11(16)8-18-13(12)17-7-10-3-1-9(6-15)2-4-10/h1-5,8H,6-7H2,(H,17,18). The van der Waals surface area contributed by atoms with Crippen LogP contribution >= 0.6 is 39.1 Å². The number of halogens is 3. The molecular formula is C13H11BrCl2N2. The molecule has 2 nitrogen and oxygen atoms in total. The average molecular weight is 346 g/mol. The molecule has 2 aromatic rings. The number of hydrogen-bond acceptors (Lipinski definition) is 2. The van der Waals surface area contributed by atoms with Gasteiger partial charge in [0.1, 0.15) is 5.82 Å². The lowest BCUT2D eigenvalue weighted by Gasteiger charge is -2.08. The third-order valence-corrected chi connectivity index (χ3v) is 3.56. The van der Waals surface area contributed by atoms with Gasteiger partial charge in [0.2, 0.25) is 0 Å². The van der Waals surface area contributed by atoms with E-state index in [0.29, 0.717) is 17.4 Å². The van der Waals surface area contributed by atoms with E-state index in [2.05, 4.69) is 38.4 Å². The Kier molecular flexibility index (Phi) is 4.87. The Labute approximate surface area is 124 Å². The Bertz CT molecular complexity index is 529. The maximum absolute atomic E-state index is 5.83. The fourth-order valence-corrected chi connectivity index (χ4v) is 2.43. The predicted molar refractivity (Wildman–Crippen MR) is 80.3 cm³/mol. The van der Waals surface area contributed by atoms with Gasteiger partial charge in [-0.15, -0.1) is 11.6 Å². The largest absolute Gasteiger partial charge is 0.365 e. The predicted octanol–water partition coefficient (Wildman–Crippen LogP) is 4.85. The molecule has 1 N–H and O–H groups in total. The van der Waals surface area contributed by atoms with E-state index in [0.717, 1.165) is 15.9 Å². The molecule has 0 bridgehead atoms. The molecule has 0 saturated heterocycles. The van der Waals surface area contributed by atoms with Crippen LogP contribution in [0.1, 0.15) is 11.1 Å². The number of rotatable bonds is 4. The molecule has 0 atom stereocenters. The molecule has 0 unspecified atom stereocenters. The lowest BCUT2D eigenvalue weighted by atomic mass is 10.1. The van der Waals surface area contributed by atoms with Crippen LogP contribution in [0.3, 0.4) is 0 Å². The minimum atomic E-state index is 0.540. The monoisotopic (exact) mass is 344 g/mol. The van der Waals surface area contributed by atoms with E-state index in [1.54, 1.807) is 6.20 Å².